The van der Waals surface area contributed by atoms with Gasteiger partial charge in [0.1, 0.15) is 17.3 Å². The Morgan fingerprint density at radius 1 is 0.575 bits per heavy atom. The van der Waals surface area contributed by atoms with Crippen molar-refractivity contribution in [2.75, 3.05) is 0 Å². The van der Waals surface area contributed by atoms with Crippen LogP contribution in [0.4, 0.5) is 0 Å². The number of fused-ring (bicyclic) bond motifs is 6. The van der Waals surface area contributed by atoms with Crippen molar-refractivity contribution in [1.82, 2.24) is 14.1 Å². The van der Waals surface area contributed by atoms with E-state index in [1.165, 1.54) is 79.9 Å². The summed E-state index contributed by atoms with van der Waals surface area (Å²) in [5, 5.41) is 1.16. The smallest absolute Gasteiger partial charge is 0.269 e. The van der Waals surface area contributed by atoms with Gasteiger partial charge in [0.05, 0.1) is 48.5 Å². The zero-order valence-corrected chi connectivity index (χ0v) is 42.7. The molecule has 2 aliphatic carbocycles. The van der Waals surface area contributed by atoms with Crippen LogP contribution in [0.2, 0.25) is 0 Å². The summed E-state index contributed by atoms with van der Waals surface area (Å²) in [6.07, 6.45) is -15.3. The summed E-state index contributed by atoms with van der Waals surface area (Å²) in [7, 11) is 0. The van der Waals surface area contributed by atoms with Crippen LogP contribution in [0.5, 0.6) is 11.5 Å². The number of hydrogen-bond donors (Lipinski definition) is 0. The average molecular weight is 1090 g/mol. The van der Waals surface area contributed by atoms with Gasteiger partial charge in [0.2, 0.25) is 0 Å². The summed E-state index contributed by atoms with van der Waals surface area (Å²) in [6, 6.07) is 11.9. The van der Waals surface area contributed by atoms with Crippen molar-refractivity contribution < 1.29 is 72.4 Å². The second-order valence-electron chi connectivity index (χ2n) is 20.6. The molecule has 3 aromatic heterocycles. The van der Waals surface area contributed by atoms with Crippen LogP contribution >= 0.6 is 0 Å². The molecule has 0 saturated carbocycles. The summed E-state index contributed by atoms with van der Waals surface area (Å²) >= 11 is 0. The Hall–Kier alpha value is -8.02. The van der Waals surface area contributed by atoms with Crippen LogP contribution in [0.3, 0.4) is 0 Å². The highest BCUT2D eigenvalue weighted by molar-refractivity contribution is 6.09. The van der Waals surface area contributed by atoms with Gasteiger partial charge in [-0.05, 0) is 163 Å². The molecule has 0 bridgehead atoms. The Morgan fingerprint density at radius 2 is 1.18 bits per heavy atom. The van der Waals surface area contributed by atoms with E-state index in [1.807, 2.05) is 0 Å². The molecular weight excluding hydrogens is 973 g/mol. The van der Waals surface area contributed by atoms with Gasteiger partial charge >= 0.3 is 0 Å². The van der Waals surface area contributed by atoms with Crippen LogP contribution in [-0.4, -0.2) is 14.1 Å². The molecule has 5 nitrogen and oxygen atoms in total. The highest BCUT2D eigenvalue weighted by Gasteiger charge is 2.39. The molecule has 80 heavy (non-hydrogen) atoms. The number of aryl methyl sites for hydroxylation is 1. The fourth-order valence-electron chi connectivity index (χ4n) is 10.2. The van der Waals surface area contributed by atoms with Gasteiger partial charge in [-0.1, -0.05) is 203 Å². The van der Waals surface area contributed by atoms with Gasteiger partial charge in [-0.2, -0.15) is 0 Å². The van der Waals surface area contributed by atoms with Gasteiger partial charge in [-0.3, -0.25) is 13.7 Å². The monoisotopic (exact) mass is 1090 g/mol. The molecule has 5 heteroatoms. The second kappa shape index (κ2) is 18.5. The Labute approximate surface area is 538 Å². The summed E-state index contributed by atoms with van der Waals surface area (Å²) < 4.78 is 436. The third kappa shape index (κ3) is 8.67. The summed E-state index contributed by atoms with van der Waals surface area (Å²) in [4.78, 5) is 4.64. The molecule has 0 radical (unpaired) electrons. The van der Waals surface area contributed by atoms with E-state index in [2.05, 4.69) is 11.3 Å². The van der Waals surface area contributed by atoms with E-state index in [0.717, 1.165) is 22.9 Å². The number of aromatic nitrogens is 4. The highest BCUT2D eigenvalue weighted by Crippen LogP contribution is 2.50. The van der Waals surface area contributed by atoms with Crippen LogP contribution in [0.1, 0.15) is 198 Å². The molecule has 0 saturated heterocycles. The van der Waals surface area contributed by atoms with E-state index in [9.17, 15) is 35.6 Å². The molecule has 0 amide bonds. The summed E-state index contributed by atoms with van der Waals surface area (Å²) in [5.41, 5.74) is -34.7. The minimum Gasteiger partial charge on any atom is -0.458 e. The lowest BCUT2D eigenvalue weighted by atomic mass is 9.62. The van der Waals surface area contributed by atoms with Crippen LogP contribution in [-0.2, 0) is 27.1 Å². The Bertz CT molecular complexity index is 6110. The molecule has 0 spiro atoms. The van der Waals surface area contributed by atoms with Gasteiger partial charge in [-0.25, -0.2) is 4.98 Å². The summed E-state index contributed by atoms with van der Waals surface area (Å²) in [5.74, 6) is 0.0136. The lowest BCUT2D eigenvalue weighted by Crippen LogP contribution is -2.34. The quantitative estimate of drug-likeness (QED) is 0.112. The van der Waals surface area contributed by atoms with Crippen molar-refractivity contribution in [2.24, 2.45) is 0 Å². The van der Waals surface area contributed by atoms with Crippen molar-refractivity contribution in [3.63, 3.8) is 0 Å². The average Bonchev–Trinajstić information content (AvgIpc) is 0.706. The van der Waals surface area contributed by atoms with E-state index in [1.54, 1.807) is 47.0 Å². The molecule has 0 N–H and O–H groups in total. The molecule has 0 atom stereocenters. The molecule has 400 valence electrons. The molecule has 0 aliphatic heterocycles. The van der Waals surface area contributed by atoms with Crippen molar-refractivity contribution in [3.8, 4) is 62.1 Å². The third-order valence-electron chi connectivity index (χ3n) is 14.1. The summed E-state index contributed by atoms with van der Waals surface area (Å²) in [6.45, 7) is -35.6. The molecule has 8 aromatic carbocycles. The predicted octanol–water partition coefficient (Wildman–Crippen LogP) is 19.3. The maximum Gasteiger partial charge on any atom is 0.269 e. The topological polar surface area (TPSA) is 35.9 Å². The first-order valence-electron chi connectivity index (χ1n) is 47.9. The predicted molar refractivity (Wildman–Crippen MR) is 333 cm³/mol. The van der Waals surface area contributed by atoms with Crippen LogP contribution < -0.4 is 9.30 Å². The molecule has 11 aromatic rings. The van der Waals surface area contributed by atoms with Gasteiger partial charge in [0.25, 0.3) is 6.33 Å². The lowest BCUT2D eigenvalue weighted by Gasteiger charge is -2.42. The zero-order valence-electron chi connectivity index (χ0n) is 88.7. The fraction of sp³-hybridized carbons (Fsp3) is 0.280. The number of nitrogens with zero attached hydrogens (tertiary/aromatic N) is 4. The van der Waals surface area contributed by atoms with E-state index in [-0.39, 0.29) is 45.2 Å². The second-order valence-corrected chi connectivity index (χ2v) is 20.6. The van der Waals surface area contributed by atoms with E-state index in [4.69, 9.17) is 32.2 Å². The standard InChI is InChI=1S/C75H74N4O/c1-48-39-69(76-46-60(48)49-21-14-13-15-22-49)79-65-26-17-16-25-56(65)57-32-31-55(45-68(57)79)80-54-24-20-23-53(44-54)77-47-78(67-28-19-18-27-66(67)77)70-58(50-29-33-61-63(40-50)74(9,10)37-35-72(61,5)6)42-52(71(2,3)4)43-59(70)51-30-34-62-64(41-51)75(11,12)38-36-73(62,7)8/h13-34,39-46H,35-38H2,1-12H3/i1D3,5D3,6D3,7D3,8D3,9D3,10D3,11D3,12D3,13D,14D,15D,21D,22D,29D,30D,33D,34D,35D2,36D2,37D2,38D2,40D,41D. The number of pyridine rings is 1. The molecule has 13 rings (SSSR count). The van der Waals surface area contributed by atoms with E-state index < -0.39 is 242 Å². The van der Waals surface area contributed by atoms with Crippen molar-refractivity contribution in [1.29, 1.82) is 0 Å². The van der Waals surface area contributed by atoms with Crippen molar-refractivity contribution in [3.05, 3.63) is 222 Å². The number of rotatable bonds is 8. The lowest BCUT2D eigenvalue weighted by molar-refractivity contribution is -0.571. The largest absolute Gasteiger partial charge is 0.458 e. The molecule has 0 fully saturated rings. The first-order valence-corrected chi connectivity index (χ1v) is 24.9. The maximum absolute atomic E-state index is 10.6. The maximum atomic E-state index is 10.6. The van der Waals surface area contributed by atoms with Gasteiger partial charge in [0.15, 0.2) is 0 Å². The normalized spacial score (nSPS) is 28.5. The van der Waals surface area contributed by atoms with Crippen molar-refractivity contribution in [2.45, 2.75) is 135 Å². The number of para-hydroxylation sites is 3. The Balaban J connectivity index is 1.18. The number of imidazole rings is 1. The van der Waals surface area contributed by atoms with Crippen LogP contribution in [0.25, 0.3) is 83.4 Å². The molecule has 2 aliphatic rings. The number of ether oxygens (including phenoxy) is 1. The third-order valence-corrected chi connectivity index (χ3v) is 14.1. The van der Waals surface area contributed by atoms with Gasteiger partial charge in [0, 0.05) is 76.6 Å². The van der Waals surface area contributed by atoms with E-state index in [0.29, 0.717) is 21.8 Å². The fourth-order valence-corrected chi connectivity index (χ4v) is 10.2. The Morgan fingerprint density at radius 3 is 1.81 bits per heavy atom. The van der Waals surface area contributed by atoms with Crippen LogP contribution in [0.15, 0.2) is 182 Å². The highest BCUT2D eigenvalue weighted by atomic mass is 16.5. The molecule has 3 heterocycles. The van der Waals surface area contributed by atoms with Gasteiger partial charge in [-0.15, -0.1) is 0 Å². The molecular formula is C75H74N4O. The zero-order chi connectivity index (χ0) is 94.9. The SMILES string of the molecule is [2H]c1c([2H])c([2H])c(-c2cnc(-n3c4ccccc4c4ccc(Oc5cccc(-n6[c-][n+](-c7c(-c8c([2H])c([2H])c9c(c8[2H])C(C([2H])([2H])[2H])(C([2H])([2H])[2H])C([2H])([2H])C([2H])([2H])C9(C([2H])([2H])[2H])C([2H])([2H])[2H])cc(C(C)(C)C)cc7-c7c([2H])c([2H])c8c(c7[2H])C(C([2H])([2H])[2H])(C([2H])([2H])[2H])C([2H])([2H])C([2H])([2H])C8(C([2H])([2H])[2H])C([2H])([2H])[2H])c7ccccc76)c5)cc43)cc2C([2H])([2H])[2H])c([2H])c1[2H]. The first kappa shape index (κ1) is 21.5. The van der Waals surface area contributed by atoms with E-state index >= 15 is 0 Å². The first-order chi connectivity index (χ1) is 57.0. The number of hydrogen-bond acceptors (Lipinski definition) is 2. The minimum absolute atomic E-state index is 0.00597. The molecule has 0 unspecified atom stereocenters. The Kier molecular flexibility index (Phi) is 4.97. The van der Waals surface area contributed by atoms with Crippen LogP contribution in [0, 0.1) is 13.2 Å². The minimum atomic E-state index is -4.91. The number of benzene rings is 8. The van der Waals surface area contributed by atoms with Crippen molar-refractivity contribution >= 4 is 32.8 Å². The van der Waals surface area contributed by atoms with Gasteiger partial charge < -0.3 is 4.74 Å².